The summed E-state index contributed by atoms with van der Waals surface area (Å²) in [6, 6.07) is 8.47. The van der Waals surface area contributed by atoms with Gasteiger partial charge in [-0.2, -0.15) is 0 Å². The fraction of sp³-hybridized carbons (Fsp3) is 0.500. The van der Waals surface area contributed by atoms with Crippen LogP contribution < -0.4 is 9.47 Å². The number of aryl methyl sites for hydroxylation is 4. The summed E-state index contributed by atoms with van der Waals surface area (Å²) < 4.78 is 13.9. The highest BCUT2D eigenvalue weighted by Gasteiger charge is 2.24. The van der Waals surface area contributed by atoms with Crippen molar-refractivity contribution >= 4 is 11.3 Å². The molecule has 5 heteroatoms. The van der Waals surface area contributed by atoms with Crippen molar-refractivity contribution in [3.05, 3.63) is 46.1 Å². The number of hydrogen-bond donors (Lipinski definition) is 0. The molecule has 4 rings (SSSR count). The first-order valence-corrected chi connectivity index (χ1v) is 12.2. The van der Waals surface area contributed by atoms with Crippen molar-refractivity contribution in [1.82, 2.24) is 9.55 Å². The molecule has 1 fully saturated rings. The largest absolute Gasteiger partial charge is 0.496 e. The minimum absolute atomic E-state index is 0.827. The Morgan fingerprint density at radius 2 is 1.58 bits per heavy atom. The molecule has 0 amide bonds. The van der Waals surface area contributed by atoms with Crippen molar-refractivity contribution in [2.75, 3.05) is 14.2 Å². The molecule has 1 aliphatic rings. The standard InChI is InChI=1S/C26H34N2O2S/c1-17-15-21(29-4)24(22(16-17)30-5)25-23(14-13-20-9-7-6-8-10-20)31-26(27-25)28-18(2)11-12-19(28)3/h11-12,15-16,20H,6-10,13-14H2,1-5H3. The molecule has 0 N–H and O–H groups in total. The van der Waals surface area contributed by atoms with Gasteiger partial charge in [0, 0.05) is 16.3 Å². The van der Waals surface area contributed by atoms with Crippen molar-refractivity contribution in [3.8, 4) is 27.9 Å². The summed E-state index contributed by atoms with van der Waals surface area (Å²) in [6.07, 6.45) is 9.18. The quantitative estimate of drug-likeness (QED) is 0.396. The lowest BCUT2D eigenvalue weighted by atomic mass is 9.86. The van der Waals surface area contributed by atoms with Crippen LogP contribution in [0.5, 0.6) is 11.5 Å². The number of aromatic nitrogens is 2. The van der Waals surface area contributed by atoms with Gasteiger partial charge >= 0.3 is 0 Å². The third-order valence-corrected chi connectivity index (χ3v) is 7.64. The van der Waals surface area contributed by atoms with Crippen LogP contribution in [0, 0.1) is 26.7 Å². The maximum Gasteiger partial charge on any atom is 0.194 e. The van der Waals surface area contributed by atoms with Crippen LogP contribution in [0.2, 0.25) is 0 Å². The van der Waals surface area contributed by atoms with Crippen molar-refractivity contribution in [1.29, 1.82) is 0 Å². The summed E-state index contributed by atoms with van der Waals surface area (Å²) in [5, 5.41) is 1.03. The Labute approximate surface area is 190 Å². The van der Waals surface area contributed by atoms with Crippen LogP contribution in [-0.4, -0.2) is 23.8 Å². The van der Waals surface area contributed by atoms with Gasteiger partial charge in [0.05, 0.1) is 25.5 Å². The number of rotatable bonds is 7. The van der Waals surface area contributed by atoms with Crippen LogP contribution >= 0.6 is 11.3 Å². The fourth-order valence-electron chi connectivity index (χ4n) is 4.86. The average molecular weight is 439 g/mol. The Balaban J connectivity index is 1.80. The van der Waals surface area contributed by atoms with E-state index in [4.69, 9.17) is 14.5 Å². The molecule has 2 heterocycles. The van der Waals surface area contributed by atoms with E-state index < -0.39 is 0 Å². The zero-order chi connectivity index (χ0) is 22.0. The van der Waals surface area contributed by atoms with Crippen LogP contribution in [0.15, 0.2) is 24.3 Å². The van der Waals surface area contributed by atoms with Gasteiger partial charge in [-0.15, -0.1) is 11.3 Å². The molecular formula is C26H34N2O2S. The molecule has 1 saturated carbocycles. The number of thiazole rings is 1. The molecule has 0 spiro atoms. The second-order valence-corrected chi connectivity index (χ2v) is 9.87. The van der Waals surface area contributed by atoms with Gasteiger partial charge in [0.15, 0.2) is 5.13 Å². The predicted molar refractivity (Wildman–Crippen MR) is 129 cm³/mol. The SMILES string of the molecule is COc1cc(C)cc(OC)c1-c1nc(-n2c(C)ccc2C)sc1CCC1CCCCC1. The molecule has 0 aliphatic heterocycles. The van der Waals surface area contributed by atoms with E-state index in [1.54, 1.807) is 14.2 Å². The van der Waals surface area contributed by atoms with E-state index in [0.29, 0.717) is 0 Å². The molecule has 0 unspecified atom stereocenters. The molecule has 1 aliphatic carbocycles. The summed E-state index contributed by atoms with van der Waals surface area (Å²) in [5.74, 6) is 2.49. The lowest BCUT2D eigenvalue weighted by molar-refractivity contribution is 0.340. The van der Waals surface area contributed by atoms with E-state index in [1.165, 1.54) is 54.8 Å². The zero-order valence-corrected chi connectivity index (χ0v) is 20.3. The van der Waals surface area contributed by atoms with Crippen molar-refractivity contribution in [2.24, 2.45) is 5.92 Å². The number of methoxy groups -OCH3 is 2. The van der Waals surface area contributed by atoms with Gasteiger partial charge in [-0.05, 0) is 69.4 Å². The zero-order valence-electron chi connectivity index (χ0n) is 19.5. The van der Waals surface area contributed by atoms with Crippen LogP contribution in [0.25, 0.3) is 16.4 Å². The minimum Gasteiger partial charge on any atom is -0.496 e. The summed E-state index contributed by atoms with van der Waals surface area (Å²) in [4.78, 5) is 6.50. The first-order chi connectivity index (χ1) is 15.0. The summed E-state index contributed by atoms with van der Waals surface area (Å²) >= 11 is 1.81. The van der Waals surface area contributed by atoms with Gasteiger partial charge in [0.1, 0.15) is 11.5 Å². The smallest absolute Gasteiger partial charge is 0.194 e. The molecule has 166 valence electrons. The van der Waals surface area contributed by atoms with E-state index >= 15 is 0 Å². The third kappa shape index (κ3) is 4.52. The lowest BCUT2D eigenvalue weighted by Crippen LogP contribution is -2.07. The topological polar surface area (TPSA) is 36.3 Å². The van der Waals surface area contributed by atoms with E-state index in [1.807, 2.05) is 11.3 Å². The van der Waals surface area contributed by atoms with E-state index in [-0.39, 0.29) is 0 Å². The van der Waals surface area contributed by atoms with Gasteiger partial charge in [0.2, 0.25) is 0 Å². The second-order valence-electron chi connectivity index (χ2n) is 8.81. The third-order valence-electron chi connectivity index (χ3n) is 6.54. The highest BCUT2D eigenvalue weighted by atomic mass is 32.1. The number of benzene rings is 1. The Morgan fingerprint density at radius 3 is 2.16 bits per heavy atom. The van der Waals surface area contributed by atoms with Crippen LogP contribution in [0.3, 0.4) is 0 Å². The maximum absolute atomic E-state index is 5.80. The minimum atomic E-state index is 0.827. The van der Waals surface area contributed by atoms with Crippen molar-refractivity contribution in [2.45, 2.75) is 65.7 Å². The summed E-state index contributed by atoms with van der Waals surface area (Å²) in [6.45, 7) is 6.35. The highest BCUT2D eigenvalue weighted by Crippen LogP contribution is 2.44. The molecular weight excluding hydrogens is 404 g/mol. The number of ether oxygens (including phenoxy) is 2. The summed E-state index contributed by atoms with van der Waals surface area (Å²) in [7, 11) is 3.46. The van der Waals surface area contributed by atoms with Crippen molar-refractivity contribution < 1.29 is 9.47 Å². The first-order valence-electron chi connectivity index (χ1n) is 11.4. The first kappa shape index (κ1) is 21.9. The molecule has 4 nitrogen and oxygen atoms in total. The average Bonchev–Trinajstić information content (AvgIpc) is 3.34. The summed E-state index contributed by atoms with van der Waals surface area (Å²) in [5.41, 5.74) is 5.52. The molecule has 0 radical (unpaired) electrons. The van der Waals surface area contributed by atoms with Gasteiger partial charge in [-0.1, -0.05) is 32.1 Å². The Morgan fingerprint density at radius 1 is 0.968 bits per heavy atom. The second kappa shape index (κ2) is 9.47. The van der Waals surface area contributed by atoms with Gasteiger partial charge in [-0.3, -0.25) is 4.57 Å². The monoisotopic (exact) mass is 438 g/mol. The molecule has 0 atom stereocenters. The van der Waals surface area contributed by atoms with E-state index in [0.717, 1.165) is 45.8 Å². The number of hydrogen-bond acceptors (Lipinski definition) is 4. The maximum atomic E-state index is 5.80. The normalized spacial score (nSPS) is 14.7. The molecule has 0 bridgehead atoms. The molecule has 31 heavy (non-hydrogen) atoms. The van der Waals surface area contributed by atoms with Gasteiger partial charge in [-0.25, -0.2) is 4.98 Å². The van der Waals surface area contributed by atoms with Gasteiger partial charge < -0.3 is 9.47 Å². The lowest BCUT2D eigenvalue weighted by Gasteiger charge is -2.21. The molecule has 0 saturated heterocycles. The van der Waals surface area contributed by atoms with E-state index in [9.17, 15) is 0 Å². The molecule has 1 aromatic carbocycles. The van der Waals surface area contributed by atoms with Crippen LogP contribution in [-0.2, 0) is 6.42 Å². The Hall–Kier alpha value is -2.27. The Kier molecular flexibility index (Phi) is 6.71. The van der Waals surface area contributed by atoms with E-state index in [2.05, 4.69) is 49.6 Å². The Bertz CT molecular complexity index is 999. The van der Waals surface area contributed by atoms with Crippen LogP contribution in [0.1, 0.15) is 60.4 Å². The fourth-order valence-corrected chi connectivity index (χ4v) is 6.06. The van der Waals surface area contributed by atoms with Crippen molar-refractivity contribution in [3.63, 3.8) is 0 Å². The molecule has 3 aromatic rings. The number of nitrogens with zero attached hydrogens (tertiary/aromatic N) is 2. The predicted octanol–water partition coefficient (Wildman–Crippen LogP) is 7.06. The van der Waals surface area contributed by atoms with Gasteiger partial charge in [0.25, 0.3) is 0 Å². The highest BCUT2D eigenvalue weighted by molar-refractivity contribution is 7.14. The van der Waals surface area contributed by atoms with Crippen LogP contribution in [0.4, 0.5) is 0 Å². The molecule has 2 aromatic heterocycles.